The third-order valence-electron chi connectivity index (χ3n) is 5.19. The molecule has 0 bridgehead atoms. The SMILES string of the molecule is COC(=O)C1(NC(=O)c2cnn(-c3cccc(Cl)c3)c2C)CCCCCC1. The molecule has 0 saturated heterocycles. The lowest BCUT2D eigenvalue weighted by Crippen LogP contribution is -2.54. The highest BCUT2D eigenvalue weighted by Crippen LogP contribution is 2.29. The van der Waals surface area contributed by atoms with Gasteiger partial charge < -0.3 is 10.1 Å². The van der Waals surface area contributed by atoms with E-state index in [1.165, 1.54) is 13.3 Å². The van der Waals surface area contributed by atoms with Gasteiger partial charge in [0.2, 0.25) is 0 Å². The number of hydrogen-bond acceptors (Lipinski definition) is 4. The predicted octanol–water partition coefficient (Wildman–Crippen LogP) is 3.83. The highest BCUT2D eigenvalue weighted by Gasteiger charge is 2.41. The van der Waals surface area contributed by atoms with E-state index in [2.05, 4.69) is 10.4 Å². The molecule has 1 aromatic carbocycles. The van der Waals surface area contributed by atoms with E-state index in [4.69, 9.17) is 16.3 Å². The third-order valence-corrected chi connectivity index (χ3v) is 5.43. The second kappa shape index (κ2) is 8.13. The Morgan fingerprint density at radius 3 is 2.56 bits per heavy atom. The molecule has 0 spiro atoms. The molecule has 27 heavy (non-hydrogen) atoms. The summed E-state index contributed by atoms with van der Waals surface area (Å²) in [4.78, 5) is 25.5. The van der Waals surface area contributed by atoms with E-state index in [0.29, 0.717) is 29.1 Å². The van der Waals surface area contributed by atoms with Gasteiger partial charge in [0.1, 0.15) is 5.54 Å². The summed E-state index contributed by atoms with van der Waals surface area (Å²) in [6, 6.07) is 7.26. The van der Waals surface area contributed by atoms with Crippen molar-refractivity contribution < 1.29 is 14.3 Å². The lowest BCUT2D eigenvalue weighted by Gasteiger charge is -2.30. The van der Waals surface area contributed by atoms with Gasteiger partial charge in [-0.1, -0.05) is 43.4 Å². The van der Waals surface area contributed by atoms with Gasteiger partial charge in [0.05, 0.1) is 30.3 Å². The molecule has 1 saturated carbocycles. The highest BCUT2D eigenvalue weighted by molar-refractivity contribution is 6.30. The van der Waals surface area contributed by atoms with E-state index < -0.39 is 5.54 Å². The number of amides is 1. The fourth-order valence-corrected chi connectivity index (χ4v) is 3.88. The second-order valence-corrected chi connectivity index (χ2v) is 7.41. The quantitative estimate of drug-likeness (QED) is 0.637. The maximum Gasteiger partial charge on any atom is 0.331 e. The number of hydrogen-bond donors (Lipinski definition) is 1. The van der Waals surface area contributed by atoms with E-state index in [-0.39, 0.29) is 11.9 Å². The van der Waals surface area contributed by atoms with Crippen LogP contribution >= 0.6 is 11.6 Å². The Kier molecular flexibility index (Phi) is 5.85. The average Bonchev–Trinajstić information content (AvgIpc) is 2.88. The molecule has 1 amide bonds. The summed E-state index contributed by atoms with van der Waals surface area (Å²) >= 11 is 6.06. The smallest absolute Gasteiger partial charge is 0.331 e. The van der Waals surface area contributed by atoms with Crippen molar-refractivity contribution >= 4 is 23.5 Å². The zero-order valence-electron chi connectivity index (χ0n) is 15.6. The van der Waals surface area contributed by atoms with Gasteiger partial charge in [-0.2, -0.15) is 5.10 Å². The number of aromatic nitrogens is 2. The number of halogens is 1. The van der Waals surface area contributed by atoms with E-state index in [0.717, 1.165) is 31.4 Å². The van der Waals surface area contributed by atoms with Gasteiger partial charge in [0.15, 0.2) is 0 Å². The minimum atomic E-state index is -0.965. The van der Waals surface area contributed by atoms with Gasteiger partial charge in [0.25, 0.3) is 5.91 Å². The summed E-state index contributed by atoms with van der Waals surface area (Å²) in [6.07, 6.45) is 6.58. The molecule has 1 heterocycles. The van der Waals surface area contributed by atoms with Crippen LogP contribution in [-0.2, 0) is 9.53 Å². The first-order valence-electron chi connectivity index (χ1n) is 9.18. The van der Waals surface area contributed by atoms with Gasteiger partial charge in [-0.15, -0.1) is 0 Å². The topological polar surface area (TPSA) is 73.2 Å². The molecule has 1 aliphatic carbocycles. The summed E-state index contributed by atoms with van der Waals surface area (Å²) in [6.45, 7) is 1.82. The van der Waals surface area contributed by atoms with Crippen LogP contribution in [0.4, 0.5) is 0 Å². The minimum absolute atomic E-state index is 0.312. The molecule has 1 aliphatic rings. The normalized spacial score (nSPS) is 16.4. The van der Waals surface area contributed by atoms with Crippen molar-refractivity contribution in [2.45, 2.75) is 51.0 Å². The van der Waals surface area contributed by atoms with Crippen molar-refractivity contribution in [3.63, 3.8) is 0 Å². The third kappa shape index (κ3) is 4.00. The lowest BCUT2D eigenvalue weighted by molar-refractivity contribution is -0.148. The minimum Gasteiger partial charge on any atom is -0.467 e. The Bertz CT molecular complexity index is 839. The largest absolute Gasteiger partial charge is 0.467 e. The van der Waals surface area contributed by atoms with E-state index >= 15 is 0 Å². The van der Waals surface area contributed by atoms with Gasteiger partial charge in [-0.05, 0) is 38.0 Å². The van der Waals surface area contributed by atoms with Gasteiger partial charge in [-0.3, -0.25) is 4.79 Å². The lowest BCUT2D eigenvalue weighted by atomic mass is 9.89. The Morgan fingerprint density at radius 1 is 1.22 bits per heavy atom. The van der Waals surface area contributed by atoms with Crippen LogP contribution in [0.25, 0.3) is 5.69 Å². The molecule has 3 rings (SSSR count). The molecule has 2 aromatic rings. The van der Waals surface area contributed by atoms with Crippen LogP contribution in [0.3, 0.4) is 0 Å². The molecular weight excluding hydrogens is 366 g/mol. The first-order valence-corrected chi connectivity index (χ1v) is 9.56. The van der Waals surface area contributed by atoms with Crippen LogP contribution in [0.1, 0.15) is 54.6 Å². The summed E-state index contributed by atoms with van der Waals surface area (Å²) in [7, 11) is 1.36. The number of methoxy groups -OCH3 is 1. The van der Waals surface area contributed by atoms with E-state index in [9.17, 15) is 9.59 Å². The maximum absolute atomic E-state index is 13.0. The zero-order valence-corrected chi connectivity index (χ0v) is 16.4. The molecule has 7 heteroatoms. The fourth-order valence-electron chi connectivity index (χ4n) is 3.69. The van der Waals surface area contributed by atoms with Crippen LogP contribution in [0.5, 0.6) is 0 Å². The summed E-state index contributed by atoms with van der Waals surface area (Å²) < 4.78 is 6.68. The number of esters is 1. The van der Waals surface area contributed by atoms with Crippen LogP contribution < -0.4 is 5.32 Å². The fraction of sp³-hybridized carbons (Fsp3) is 0.450. The summed E-state index contributed by atoms with van der Waals surface area (Å²) in [5, 5.41) is 7.89. The number of carbonyl (C=O) groups excluding carboxylic acids is 2. The average molecular weight is 390 g/mol. The Hall–Kier alpha value is -2.34. The van der Waals surface area contributed by atoms with Crippen molar-refractivity contribution in [1.82, 2.24) is 15.1 Å². The Labute approximate surface area is 163 Å². The number of benzene rings is 1. The number of nitrogens with one attached hydrogen (secondary N) is 1. The molecule has 1 N–H and O–H groups in total. The maximum atomic E-state index is 13.0. The van der Waals surface area contributed by atoms with Gasteiger partial charge in [-0.25, -0.2) is 9.48 Å². The molecule has 0 aliphatic heterocycles. The van der Waals surface area contributed by atoms with Crippen molar-refractivity contribution in [1.29, 1.82) is 0 Å². The summed E-state index contributed by atoms with van der Waals surface area (Å²) in [5.74, 6) is -0.689. The standard InChI is InChI=1S/C20H24ClN3O3/c1-14-17(13-22-24(14)16-9-7-8-15(21)12-16)18(25)23-20(19(26)27-2)10-5-3-4-6-11-20/h7-9,12-13H,3-6,10-11H2,1-2H3,(H,23,25). The van der Waals surface area contributed by atoms with E-state index in [1.54, 1.807) is 16.8 Å². The van der Waals surface area contributed by atoms with Crippen molar-refractivity contribution in [3.8, 4) is 5.69 Å². The first kappa shape index (κ1) is 19.4. The monoisotopic (exact) mass is 389 g/mol. The van der Waals surface area contributed by atoms with Crippen molar-refractivity contribution in [3.05, 3.63) is 46.7 Å². The zero-order chi connectivity index (χ0) is 19.4. The Balaban J connectivity index is 1.88. The number of ether oxygens (including phenoxy) is 1. The van der Waals surface area contributed by atoms with Crippen LogP contribution in [0.2, 0.25) is 5.02 Å². The van der Waals surface area contributed by atoms with Gasteiger partial charge in [0, 0.05) is 5.02 Å². The van der Waals surface area contributed by atoms with Crippen LogP contribution in [0.15, 0.2) is 30.5 Å². The first-order chi connectivity index (χ1) is 13.0. The van der Waals surface area contributed by atoms with Crippen LogP contribution in [-0.4, -0.2) is 34.3 Å². The van der Waals surface area contributed by atoms with E-state index in [1.807, 2.05) is 19.1 Å². The molecule has 0 radical (unpaired) electrons. The highest BCUT2D eigenvalue weighted by atomic mass is 35.5. The molecule has 1 aromatic heterocycles. The van der Waals surface area contributed by atoms with Gasteiger partial charge >= 0.3 is 5.97 Å². The number of nitrogens with zero attached hydrogens (tertiary/aromatic N) is 2. The molecule has 6 nitrogen and oxygen atoms in total. The summed E-state index contributed by atoms with van der Waals surface area (Å²) in [5.41, 5.74) is 0.925. The second-order valence-electron chi connectivity index (χ2n) is 6.98. The molecule has 0 atom stereocenters. The molecular formula is C20H24ClN3O3. The number of rotatable bonds is 4. The molecule has 144 valence electrons. The Morgan fingerprint density at radius 2 is 1.93 bits per heavy atom. The van der Waals surface area contributed by atoms with Crippen molar-refractivity contribution in [2.24, 2.45) is 0 Å². The van der Waals surface area contributed by atoms with Crippen LogP contribution in [0, 0.1) is 6.92 Å². The predicted molar refractivity (Wildman–Crippen MR) is 103 cm³/mol. The van der Waals surface area contributed by atoms with Crippen molar-refractivity contribution in [2.75, 3.05) is 7.11 Å². The molecule has 0 unspecified atom stereocenters. The number of carbonyl (C=O) groups is 2. The molecule has 1 fully saturated rings.